The normalized spacial score (nSPS) is 15.1. The van der Waals surface area contributed by atoms with Crippen LogP contribution in [0.4, 0.5) is 5.69 Å². The maximum atomic E-state index is 11.1. The first-order chi connectivity index (χ1) is 9.22. The number of ketones is 1. The fourth-order valence-corrected chi connectivity index (χ4v) is 2.68. The molecule has 0 aliphatic carbocycles. The van der Waals surface area contributed by atoms with Gasteiger partial charge in [-0.2, -0.15) is 0 Å². The van der Waals surface area contributed by atoms with Crippen LogP contribution in [0, 0.1) is 0 Å². The van der Waals surface area contributed by atoms with Crippen molar-refractivity contribution in [1.82, 2.24) is 4.98 Å². The molecule has 1 aliphatic rings. The number of nitrogens with zero attached hydrogens (tertiary/aromatic N) is 2. The maximum absolute atomic E-state index is 11.1. The van der Waals surface area contributed by atoms with E-state index in [1.165, 1.54) is 18.5 Å². The van der Waals surface area contributed by atoms with Crippen molar-refractivity contribution >= 4 is 22.4 Å². The molecule has 1 saturated heterocycles. The first-order valence-electron chi connectivity index (χ1n) is 6.86. The Morgan fingerprint density at radius 2 is 2.00 bits per heavy atom. The molecule has 0 radical (unpaired) electrons. The summed E-state index contributed by atoms with van der Waals surface area (Å²) in [5.41, 5.74) is 3.11. The number of hydrogen-bond acceptors (Lipinski definition) is 3. The van der Waals surface area contributed by atoms with Crippen LogP contribution in [0.5, 0.6) is 0 Å². The van der Waals surface area contributed by atoms with Crippen LogP contribution in [0.2, 0.25) is 0 Å². The summed E-state index contributed by atoms with van der Waals surface area (Å²) < 4.78 is 0. The molecule has 0 amide bonds. The summed E-state index contributed by atoms with van der Waals surface area (Å²) >= 11 is 0. The van der Waals surface area contributed by atoms with Crippen molar-refractivity contribution in [3.05, 3.63) is 36.0 Å². The Hall–Kier alpha value is -1.90. The number of carbonyl (C=O) groups excluding carboxylic acids is 1. The van der Waals surface area contributed by atoms with Crippen molar-refractivity contribution in [2.24, 2.45) is 0 Å². The molecule has 0 unspecified atom stereocenters. The van der Waals surface area contributed by atoms with E-state index in [-0.39, 0.29) is 5.78 Å². The van der Waals surface area contributed by atoms with Crippen LogP contribution >= 0.6 is 0 Å². The zero-order valence-electron chi connectivity index (χ0n) is 11.2. The zero-order valence-corrected chi connectivity index (χ0v) is 11.2. The van der Waals surface area contributed by atoms with Crippen LogP contribution in [-0.4, -0.2) is 23.9 Å². The van der Waals surface area contributed by atoms with Crippen LogP contribution in [0.15, 0.2) is 30.3 Å². The van der Waals surface area contributed by atoms with Crippen molar-refractivity contribution in [2.45, 2.75) is 26.2 Å². The molecular weight excluding hydrogens is 236 g/mol. The second kappa shape index (κ2) is 5.00. The van der Waals surface area contributed by atoms with Crippen LogP contribution < -0.4 is 4.90 Å². The molecule has 1 aromatic carbocycles. The van der Waals surface area contributed by atoms with Gasteiger partial charge in [-0.25, -0.2) is 0 Å². The third-order valence-corrected chi connectivity index (χ3v) is 3.63. The SMILES string of the molecule is CC(=O)Cc1ccc2cc(N3CCCC3)ccc2n1. The maximum Gasteiger partial charge on any atom is 0.135 e. The Labute approximate surface area is 113 Å². The Morgan fingerprint density at radius 3 is 2.74 bits per heavy atom. The van der Waals surface area contributed by atoms with Gasteiger partial charge in [-0.15, -0.1) is 0 Å². The molecule has 0 N–H and O–H groups in total. The van der Waals surface area contributed by atoms with Crippen LogP contribution in [-0.2, 0) is 11.2 Å². The first kappa shape index (κ1) is 12.2. The molecule has 3 heteroatoms. The Balaban J connectivity index is 1.93. The highest BCUT2D eigenvalue weighted by molar-refractivity contribution is 5.84. The zero-order chi connectivity index (χ0) is 13.2. The lowest BCUT2D eigenvalue weighted by atomic mass is 10.1. The van der Waals surface area contributed by atoms with Gasteiger partial charge in [0.15, 0.2) is 0 Å². The largest absolute Gasteiger partial charge is 0.372 e. The average Bonchev–Trinajstić information content (AvgIpc) is 2.91. The summed E-state index contributed by atoms with van der Waals surface area (Å²) in [5, 5.41) is 1.15. The van der Waals surface area contributed by atoms with E-state index in [1.54, 1.807) is 6.92 Å². The number of fused-ring (bicyclic) bond motifs is 1. The quantitative estimate of drug-likeness (QED) is 0.844. The third kappa shape index (κ3) is 2.60. The Kier molecular flexibility index (Phi) is 3.20. The van der Waals surface area contributed by atoms with Gasteiger partial charge >= 0.3 is 0 Å². The molecule has 0 atom stereocenters. The van der Waals surface area contributed by atoms with E-state index in [9.17, 15) is 4.79 Å². The molecule has 98 valence electrons. The monoisotopic (exact) mass is 254 g/mol. The van der Waals surface area contributed by atoms with Crippen LogP contribution in [0.1, 0.15) is 25.5 Å². The van der Waals surface area contributed by atoms with E-state index in [0.717, 1.165) is 29.7 Å². The fourth-order valence-electron chi connectivity index (χ4n) is 2.68. The summed E-state index contributed by atoms with van der Waals surface area (Å²) in [4.78, 5) is 18.1. The van der Waals surface area contributed by atoms with E-state index in [0.29, 0.717) is 6.42 Å². The molecule has 3 nitrogen and oxygen atoms in total. The molecule has 2 aromatic rings. The lowest BCUT2D eigenvalue weighted by molar-refractivity contribution is -0.116. The predicted octanol–water partition coefficient (Wildman–Crippen LogP) is 2.97. The number of carbonyl (C=O) groups is 1. The van der Waals surface area contributed by atoms with E-state index in [1.807, 2.05) is 6.07 Å². The molecule has 1 aromatic heterocycles. The van der Waals surface area contributed by atoms with Crippen molar-refractivity contribution in [2.75, 3.05) is 18.0 Å². The molecule has 0 saturated carbocycles. The van der Waals surface area contributed by atoms with Crippen molar-refractivity contribution in [1.29, 1.82) is 0 Å². The number of benzene rings is 1. The summed E-state index contributed by atoms with van der Waals surface area (Å²) in [6.07, 6.45) is 2.99. The number of pyridine rings is 1. The predicted molar refractivity (Wildman–Crippen MR) is 77.6 cm³/mol. The Morgan fingerprint density at radius 1 is 1.21 bits per heavy atom. The minimum Gasteiger partial charge on any atom is -0.372 e. The molecule has 3 rings (SSSR count). The van der Waals surface area contributed by atoms with Gasteiger partial charge in [0.1, 0.15) is 5.78 Å². The molecule has 1 fully saturated rings. The smallest absolute Gasteiger partial charge is 0.135 e. The summed E-state index contributed by atoms with van der Waals surface area (Å²) in [6.45, 7) is 3.91. The Bertz CT molecular complexity index is 615. The van der Waals surface area contributed by atoms with Crippen molar-refractivity contribution in [3.8, 4) is 0 Å². The van der Waals surface area contributed by atoms with E-state index >= 15 is 0 Å². The molecule has 2 heterocycles. The first-order valence-corrected chi connectivity index (χ1v) is 6.86. The number of anilines is 1. The van der Waals surface area contributed by atoms with Gasteiger partial charge < -0.3 is 4.90 Å². The van der Waals surface area contributed by atoms with Gasteiger partial charge in [-0.3, -0.25) is 9.78 Å². The molecule has 1 aliphatic heterocycles. The molecule has 0 spiro atoms. The minimum absolute atomic E-state index is 0.153. The van der Waals surface area contributed by atoms with Crippen LogP contribution in [0.3, 0.4) is 0 Å². The van der Waals surface area contributed by atoms with E-state index < -0.39 is 0 Å². The van der Waals surface area contributed by atoms with Gasteiger partial charge in [0.25, 0.3) is 0 Å². The highest BCUT2D eigenvalue weighted by atomic mass is 16.1. The summed E-state index contributed by atoms with van der Waals surface area (Å²) in [6, 6.07) is 10.4. The van der Waals surface area contributed by atoms with E-state index in [4.69, 9.17) is 0 Å². The summed E-state index contributed by atoms with van der Waals surface area (Å²) in [7, 11) is 0. The third-order valence-electron chi connectivity index (χ3n) is 3.63. The average molecular weight is 254 g/mol. The topological polar surface area (TPSA) is 33.2 Å². The molecular formula is C16H18N2O. The number of aromatic nitrogens is 1. The van der Waals surface area contributed by atoms with Crippen LogP contribution in [0.25, 0.3) is 10.9 Å². The van der Waals surface area contributed by atoms with Gasteiger partial charge in [0.2, 0.25) is 0 Å². The van der Waals surface area contributed by atoms with Crippen molar-refractivity contribution < 1.29 is 4.79 Å². The molecule has 19 heavy (non-hydrogen) atoms. The van der Waals surface area contributed by atoms with Gasteiger partial charge in [0.05, 0.1) is 5.52 Å². The lowest BCUT2D eigenvalue weighted by Gasteiger charge is -2.17. The minimum atomic E-state index is 0.153. The number of Topliss-reactive ketones (excluding diaryl/α,β-unsaturated/α-hetero) is 1. The second-order valence-electron chi connectivity index (χ2n) is 5.25. The number of rotatable bonds is 3. The highest BCUT2D eigenvalue weighted by Crippen LogP contribution is 2.24. The standard InChI is InChI=1S/C16H18N2O/c1-12(19)10-14-5-4-13-11-15(6-7-16(13)17-14)18-8-2-3-9-18/h4-7,11H,2-3,8-10H2,1H3. The van der Waals surface area contributed by atoms with E-state index in [2.05, 4.69) is 34.1 Å². The fraction of sp³-hybridized carbons (Fsp3) is 0.375. The van der Waals surface area contributed by atoms with Gasteiger partial charge in [-0.05, 0) is 44.0 Å². The molecule has 0 bridgehead atoms. The van der Waals surface area contributed by atoms with Gasteiger partial charge in [0, 0.05) is 36.3 Å². The second-order valence-corrected chi connectivity index (χ2v) is 5.25. The summed E-state index contributed by atoms with van der Waals surface area (Å²) in [5.74, 6) is 0.153. The van der Waals surface area contributed by atoms with Crippen molar-refractivity contribution in [3.63, 3.8) is 0 Å². The number of hydrogen-bond donors (Lipinski definition) is 0. The highest BCUT2D eigenvalue weighted by Gasteiger charge is 2.12. The van der Waals surface area contributed by atoms with Gasteiger partial charge in [-0.1, -0.05) is 6.07 Å². The lowest BCUT2D eigenvalue weighted by Crippen LogP contribution is -2.17.